The second kappa shape index (κ2) is 11.9. The normalized spacial score (nSPS) is 25.9. The van der Waals surface area contributed by atoms with Crippen LogP contribution in [0.2, 0.25) is 0 Å². The molecule has 9 heteroatoms. The van der Waals surface area contributed by atoms with Crippen molar-refractivity contribution in [2.45, 2.75) is 65.3 Å². The number of para-hydroxylation sites is 1. The predicted octanol–water partition coefficient (Wildman–Crippen LogP) is 5.80. The smallest absolute Gasteiger partial charge is 0.321 e. The molecule has 3 unspecified atom stereocenters. The number of pyridine rings is 1. The predicted molar refractivity (Wildman–Crippen MR) is 163 cm³/mol. The Morgan fingerprint density at radius 2 is 1.79 bits per heavy atom. The number of anilines is 1. The topological polar surface area (TPSA) is 101 Å². The van der Waals surface area contributed by atoms with Crippen molar-refractivity contribution in [2.24, 2.45) is 16.7 Å². The fourth-order valence-electron chi connectivity index (χ4n) is 7.19. The highest BCUT2D eigenvalue weighted by Crippen LogP contribution is 2.73. The van der Waals surface area contributed by atoms with E-state index >= 15 is 0 Å². The first-order valence-corrected chi connectivity index (χ1v) is 15.1. The van der Waals surface area contributed by atoms with Crippen LogP contribution in [0.25, 0.3) is 0 Å². The summed E-state index contributed by atoms with van der Waals surface area (Å²) in [6.07, 6.45) is 8.10. The number of rotatable bonds is 8. The highest BCUT2D eigenvalue weighted by atomic mass is 19.1. The second-order valence-corrected chi connectivity index (χ2v) is 12.7. The van der Waals surface area contributed by atoms with E-state index in [9.17, 15) is 14.0 Å². The second-order valence-electron chi connectivity index (χ2n) is 12.7. The van der Waals surface area contributed by atoms with Crippen LogP contribution in [0.3, 0.4) is 0 Å². The highest BCUT2D eigenvalue weighted by molar-refractivity contribution is 6.12. The zero-order valence-electron chi connectivity index (χ0n) is 25.1. The first kappa shape index (κ1) is 29.7. The molecule has 1 aromatic carbocycles. The van der Waals surface area contributed by atoms with Gasteiger partial charge >= 0.3 is 6.03 Å². The van der Waals surface area contributed by atoms with E-state index in [1.807, 2.05) is 17.2 Å². The molecule has 3 fully saturated rings. The lowest BCUT2D eigenvalue weighted by Gasteiger charge is -2.34. The lowest BCUT2D eigenvalue weighted by atomic mass is 9.95. The van der Waals surface area contributed by atoms with E-state index in [-0.39, 0.29) is 46.3 Å². The van der Waals surface area contributed by atoms with Crippen molar-refractivity contribution in [2.75, 3.05) is 31.5 Å². The van der Waals surface area contributed by atoms with Crippen molar-refractivity contribution in [3.05, 3.63) is 71.4 Å². The van der Waals surface area contributed by atoms with E-state index in [1.54, 1.807) is 29.3 Å². The Balaban J connectivity index is 1.32. The Morgan fingerprint density at radius 1 is 1.07 bits per heavy atom. The molecule has 3 amide bonds. The maximum absolute atomic E-state index is 14.1. The standard InChI is InChI=1S/C33H43FN6O2/c1-5-33(4)29(32(33,2)3)28(25(19-35)30(41)40-16-12-23(21-40)22-9-8-15-36-20-22)37-24-13-17-39(18-14-24)31(42)38-27-11-7-6-10-26(27)34/h6-11,15,19-20,23-24,29,35,37H,5,12-14,16-18,21H2,1-4H3,(H,38,42)/b28-25+,35-19?. The monoisotopic (exact) mass is 574 g/mol. The zero-order valence-corrected chi connectivity index (χ0v) is 25.1. The average molecular weight is 575 g/mol. The summed E-state index contributed by atoms with van der Waals surface area (Å²) in [5.41, 5.74) is 2.60. The van der Waals surface area contributed by atoms with Gasteiger partial charge in [-0.1, -0.05) is 45.9 Å². The summed E-state index contributed by atoms with van der Waals surface area (Å²) in [5.74, 6) is -0.197. The van der Waals surface area contributed by atoms with Crippen molar-refractivity contribution in [1.82, 2.24) is 20.1 Å². The molecule has 1 saturated carbocycles. The maximum atomic E-state index is 14.1. The molecular formula is C33H43FN6O2. The fourth-order valence-corrected chi connectivity index (χ4v) is 7.19. The number of urea groups is 1. The third kappa shape index (κ3) is 5.53. The molecule has 2 saturated heterocycles. The molecule has 3 atom stereocenters. The third-order valence-electron chi connectivity index (χ3n) is 10.3. The highest BCUT2D eigenvalue weighted by Gasteiger charge is 2.68. The lowest BCUT2D eigenvalue weighted by molar-refractivity contribution is -0.125. The molecule has 2 aliphatic heterocycles. The molecular weight excluding hydrogens is 531 g/mol. The summed E-state index contributed by atoms with van der Waals surface area (Å²) in [5, 5.41) is 14.8. The molecule has 8 nitrogen and oxygen atoms in total. The van der Waals surface area contributed by atoms with Gasteiger partial charge in [0.1, 0.15) is 5.82 Å². The summed E-state index contributed by atoms with van der Waals surface area (Å²) in [4.78, 5) is 34.7. The number of allylic oxidation sites excluding steroid dienone is 1. The molecule has 2 aromatic rings. The summed E-state index contributed by atoms with van der Waals surface area (Å²) >= 11 is 0. The number of hydrogen-bond donors (Lipinski definition) is 3. The van der Waals surface area contributed by atoms with E-state index in [0.717, 1.165) is 24.1 Å². The van der Waals surface area contributed by atoms with E-state index in [4.69, 9.17) is 5.41 Å². The van der Waals surface area contributed by atoms with Crippen molar-refractivity contribution in [1.29, 1.82) is 5.41 Å². The van der Waals surface area contributed by atoms with Gasteiger partial charge in [-0.15, -0.1) is 0 Å². The van der Waals surface area contributed by atoms with Gasteiger partial charge in [-0.2, -0.15) is 0 Å². The first-order valence-electron chi connectivity index (χ1n) is 15.1. The van der Waals surface area contributed by atoms with Gasteiger partial charge in [-0.25, -0.2) is 9.18 Å². The van der Waals surface area contributed by atoms with Crippen molar-refractivity contribution >= 4 is 23.8 Å². The number of hydrogen-bond acceptors (Lipinski definition) is 5. The van der Waals surface area contributed by atoms with Gasteiger partial charge in [0.05, 0.1) is 11.3 Å². The molecule has 1 aromatic heterocycles. The molecule has 0 radical (unpaired) electrons. The minimum atomic E-state index is -0.461. The molecule has 224 valence electrons. The van der Waals surface area contributed by atoms with Gasteiger partial charge in [0, 0.05) is 68.4 Å². The molecule has 0 bridgehead atoms. The van der Waals surface area contributed by atoms with Crippen LogP contribution in [0.1, 0.15) is 64.9 Å². The number of carbonyl (C=O) groups is 2. The molecule has 3 heterocycles. The average Bonchev–Trinajstić information content (AvgIpc) is 3.28. The van der Waals surface area contributed by atoms with E-state index in [2.05, 4.69) is 49.4 Å². The molecule has 5 rings (SSSR count). The summed E-state index contributed by atoms with van der Waals surface area (Å²) in [6.45, 7) is 11.2. The summed E-state index contributed by atoms with van der Waals surface area (Å²) < 4.78 is 14.1. The number of likely N-dealkylation sites (tertiary alicyclic amines) is 2. The quantitative estimate of drug-likeness (QED) is 0.274. The van der Waals surface area contributed by atoms with Crippen LogP contribution < -0.4 is 10.6 Å². The van der Waals surface area contributed by atoms with Crippen LogP contribution in [0.4, 0.5) is 14.9 Å². The van der Waals surface area contributed by atoms with Crippen LogP contribution in [0.5, 0.6) is 0 Å². The first-order chi connectivity index (χ1) is 20.1. The fraction of sp³-hybridized carbons (Fsp3) is 0.515. The minimum Gasteiger partial charge on any atom is -0.385 e. The molecule has 3 N–H and O–H groups in total. The number of amides is 3. The Morgan fingerprint density at radius 3 is 2.40 bits per heavy atom. The zero-order chi connectivity index (χ0) is 30.1. The summed E-state index contributed by atoms with van der Waals surface area (Å²) in [6, 6.07) is 9.89. The maximum Gasteiger partial charge on any atom is 0.321 e. The number of carbonyl (C=O) groups excluding carboxylic acids is 2. The van der Waals surface area contributed by atoms with Crippen molar-refractivity contribution in [3.8, 4) is 0 Å². The number of halogens is 1. The minimum absolute atomic E-state index is 0.00741. The number of aromatic nitrogens is 1. The third-order valence-corrected chi connectivity index (χ3v) is 10.3. The van der Waals surface area contributed by atoms with E-state index in [1.165, 1.54) is 12.3 Å². The van der Waals surface area contributed by atoms with Gasteiger partial charge in [0.15, 0.2) is 0 Å². The van der Waals surface area contributed by atoms with Gasteiger partial charge in [0.2, 0.25) is 0 Å². The Hall–Kier alpha value is -3.75. The van der Waals surface area contributed by atoms with Gasteiger partial charge in [-0.05, 0) is 60.3 Å². The van der Waals surface area contributed by atoms with Gasteiger partial charge in [-0.3, -0.25) is 9.78 Å². The van der Waals surface area contributed by atoms with Crippen LogP contribution in [-0.4, -0.2) is 65.2 Å². The number of piperidine rings is 1. The molecule has 1 aliphatic carbocycles. The van der Waals surface area contributed by atoms with Gasteiger partial charge in [0.25, 0.3) is 5.91 Å². The Kier molecular flexibility index (Phi) is 8.39. The summed E-state index contributed by atoms with van der Waals surface area (Å²) in [7, 11) is 0. The number of nitrogens with one attached hydrogen (secondary N) is 3. The van der Waals surface area contributed by atoms with Crippen molar-refractivity contribution < 1.29 is 14.0 Å². The van der Waals surface area contributed by atoms with Crippen LogP contribution in [0.15, 0.2) is 60.1 Å². The van der Waals surface area contributed by atoms with E-state index < -0.39 is 5.82 Å². The van der Waals surface area contributed by atoms with E-state index in [0.29, 0.717) is 44.6 Å². The molecule has 42 heavy (non-hydrogen) atoms. The van der Waals surface area contributed by atoms with Crippen LogP contribution >= 0.6 is 0 Å². The van der Waals surface area contributed by atoms with Crippen LogP contribution in [-0.2, 0) is 4.79 Å². The number of benzene rings is 1. The molecule has 0 spiro atoms. The largest absolute Gasteiger partial charge is 0.385 e. The molecule has 3 aliphatic rings. The Labute approximate surface area is 248 Å². The Bertz CT molecular complexity index is 1350. The van der Waals surface area contributed by atoms with Crippen molar-refractivity contribution in [3.63, 3.8) is 0 Å². The van der Waals surface area contributed by atoms with Crippen LogP contribution in [0, 0.1) is 28.0 Å². The SMILES string of the molecule is CCC1(C)C(/C(NC2CCN(C(=O)Nc3ccccc3F)CC2)=C(/C=N)C(=O)N2CCC(c3cccnc3)C2)C1(C)C. The lowest BCUT2D eigenvalue weighted by Crippen LogP contribution is -2.47. The number of nitrogens with zero attached hydrogens (tertiary/aromatic N) is 3. The van der Waals surface area contributed by atoms with Gasteiger partial charge < -0.3 is 25.8 Å².